The third-order valence-corrected chi connectivity index (χ3v) is 6.08. The summed E-state index contributed by atoms with van der Waals surface area (Å²) < 4.78 is 0. The number of piperidine rings is 1. The van der Waals surface area contributed by atoms with Crippen LogP contribution in [-0.4, -0.2) is 30.6 Å². The van der Waals surface area contributed by atoms with Gasteiger partial charge in [0.05, 0.1) is 0 Å². The van der Waals surface area contributed by atoms with Crippen molar-refractivity contribution in [2.75, 3.05) is 25.0 Å². The van der Waals surface area contributed by atoms with E-state index in [9.17, 15) is 0 Å². The van der Waals surface area contributed by atoms with Gasteiger partial charge in [-0.3, -0.25) is 0 Å². The Morgan fingerprint density at radius 3 is 2.46 bits per heavy atom. The molecule has 1 saturated heterocycles. The molecule has 0 amide bonds. The second-order valence-electron chi connectivity index (χ2n) is 7.40. The van der Waals surface area contributed by atoms with Gasteiger partial charge in [0.2, 0.25) is 0 Å². The molecule has 0 bridgehead atoms. The van der Waals surface area contributed by atoms with Crippen molar-refractivity contribution in [1.82, 2.24) is 4.90 Å². The monoisotopic (exact) mass is 320 g/mol. The first kappa shape index (κ1) is 15.7. The van der Waals surface area contributed by atoms with Crippen LogP contribution in [0.2, 0.25) is 0 Å². The minimum atomic E-state index is 0.0787. The number of nitrogens with one attached hydrogen (secondary N) is 1. The molecule has 2 aromatic carbocycles. The molecule has 2 atom stereocenters. The first-order valence-electron chi connectivity index (χ1n) is 9.44. The van der Waals surface area contributed by atoms with Crippen LogP contribution in [0.5, 0.6) is 0 Å². The Morgan fingerprint density at radius 1 is 0.958 bits per heavy atom. The largest absolute Gasteiger partial charge is 0.381 e. The minimum absolute atomic E-state index is 0.0787. The zero-order valence-corrected chi connectivity index (χ0v) is 14.7. The van der Waals surface area contributed by atoms with Gasteiger partial charge in [0, 0.05) is 17.1 Å². The fourth-order valence-corrected chi connectivity index (χ4v) is 4.74. The van der Waals surface area contributed by atoms with Crippen molar-refractivity contribution >= 4 is 5.69 Å². The lowest BCUT2D eigenvalue weighted by Gasteiger charge is -2.38. The second-order valence-corrected chi connectivity index (χ2v) is 7.40. The number of rotatable bonds is 4. The molecule has 2 aliphatic heterocycles. The van der Waals surface area contributed by atoms with E-state index in [1.54, 1.807) is 0 Å². The lowest BCUT2D eigenvalue weighted by molar-refractivity contribution is 0.209. The second kappa shape index (κ2) is 6.60. The summed E-state index contributed by atoms with van der Waals surface area (Å²) in [5, 5.41) is 3.76. The van der Waals surface area contributed by atoms with Gasteiger partial charge >= 0.3 is 0 Å². The fraction of sp³-hybridized carbons (Fsp3) is 0.455. The number of likely N-dealkylation sites (tertiary alicyclic amines) is 1. The molecule has 0 spiro atoms. The highest BCUT2D eigenvalue weighted by molar-refractivity contribution is 5.65. The molecule has 2 nitrogen and oxygen atoms in total. The molecule has 126 valence electrons. The minimum Gasteiger partial charge on any atom is -0.381 e. The van der Waals surface area contributed by atoms with Crippen molar-refractivity contribution in [2.24, 2.45) is 0 Å². The third kappa shape index (κ3) is 2.63. The van der Waals surface area contributed by atoms with Gasteiger partial charge in [0.1, 0.15) is 0 Å². The van der Waals surface area contributed by atoms with Crippen molar-refractivity contribution in [3.8, 4) is 0 Å². The van der Waals surface area contributed by atoms with Gasteiger partial charge in [-0.2, -0.15) is 0 Å². The summed E-state index contributed by atoms with van der Waals surface area (Å²) in [7, 11) is 0. The highest BCUT2D eigenvalue weighted by atomic mass is 15.1. The third-order valence-electron chi connectivity index (χ3n) is 6.08. The van der Waals surface area contributed by atoms with Crippen LogP contribution in [0, 0.1) is 0 Å². The molecule has 1 N–H and O–H groups in total. The SMILES string of the molecule is CC1Nc2ccccc2C1(CCN1CCCCC1)c1ccccc1. The predicted octanol–water partition coefficient (Wildman–Crippen LogP) is 4.66. The number of para-hydroxylation sites is 1. The Bertz CT molecular complexity index is 675. The molecule has 0 aromatic heterocycles. The van der Waals surface area contributed by atoms with Crippen LogP contribution in [0.25, 0.3) is 0 Å². The van der Waals surface area contributed by atoms with Crippen LogP contribution in [0.3, 0.4) is 0 Å². The molecule has 4 rings (SSSR count). The summed E-state index contributed by atoms with van der Waals surface area (Å²) in [4.78, 5) is 2.67. The first-order chi connectivity index (χ1) is 11.8. The molecule has 0 saturated carbocycles. The maximum atomic E-state index is 3.76. The van der Waals surface area contributed by atoms with Crippen LogP contribution in [0.15, 0.2) is 54.6 Å². The number of anilines is 1. The van der Waals surface area contributed by atoms with E-state index in [-0.39, 0.29) is 5.41 Å². The van der Waals surface area contributed by atoms with Crippen LogP contribution in [-0.2, 0) is 5.41 Å². The Balaban J connectivity index is 1.71. The Hall–Kier alpha value is -1.80. The van der Waals surface area contributed by atoms with E-state index in [0.29, 0.717) is 6.04 Å². The molecular formula is C22H28N2. The van der Waals surface area contributed by atoms with Gasteiger partial charge in [-0.1, -0.05) is 55.0 Å². The average molecular weight is 320 g/mol. The molecule has 24 heavy (non-hydrogen) atoms. The summed E-state index contributed by atoms with van der Waals surface area (Å²) in [6.07, 6.45) is 5.31. The zero-order chi connectivity index (χ0) is 16.4. The van der Waals surface area contributed by atoms with Crippen molar-refractivity contribution in [2.45, 2.75) is 44.1 Å². The molecule has 2 aromatic rings. The first-order valence-corrected chi connectivity index (χ1v) is 9.44. The van der Waals surface area contributed by atoms with E-state index in [4.69, 9.17) is 0 Å². The van der Waals surface area contributed by atoms with Crippen LogP contribution in [0.1, 0.15) is 43.7 Å². The number of hydrogen-bond donors (Lipinski definition) is 1. The zero-order valence-electron chi connectivity index (χ0n) is 14.7. The Kier molecular flexibility index (Phi) is 4.32. The van der Waals surface area contributed by atoms with Crippen molar-refractivity contribution in [1.29, 1.82) is 0 Å². The van der Waals surface area contributed by atoms with Gasteiger partial charge in [-0.05, 0) is 63.0 Å². The summed E-state index contributed by atoms with van der Waals surface area (Å²) in [5.41, 5.74) is 4.31. The lowest BCUT2D eigenvalue weighted by Crippen LogP contribution is -2.42. The number of benzene rings is 2. The Morgan fingerprint density at radius 2 is 1.67 bits per heavy atom. The van der Waals surface area contributed by atoms with Gasteiger partial charge in [-0.15, -0.1) is 0 Å². The predicted molar refractivity (Wildman–Crippen MR) is 102 cm³/mol. The van der Waals surface area contributed by atoms with E-state index in [0.717, 1.165) is 0 Å². The summed E-state index contributed by atoms with van der Waals surface area (Å²) in [6, 6.07) is 20.4. The number of nitrogens with zero attached hydrogens (tertiary/aromatic N) is 1. The molecule has 1 fully saturated rings. The molecule has 0 radical (unpaired) electrons. The van der Waals surface area contributed by atoms with E-state index >= 15 is 0 Å². The van der Waals surface area contributed by atoms with Gasteiger partial charge < -0.3 is 10.2 Å². The van der Waals surface area contributed by atoms with Crippen molar-refractivity contribution < 1.29 is 0 Å². The maximum Gasteiger partial charge on any atom is 0.0433 e. The molecule has 0 aliphatic carbocycles. The van der Waals surface area contributed by atoms with Gasteiger partial charge in [0.15, 0.2) is 0 Å². The highest BCUT2D eigenvalue weighted by Crippen LogP contribution is 2.48. The quantitative estimate of drug-likeness (QED) is 0.881. The van der Waals surface area contributed by atoms with Crippen LogP contribution in [0.4, 0.5) is 5.69 Å². The number of hydrogen-bond acceptors (Lipinski definition) is 2. The van der Waals surface area contributed by atoms with E-state index in [1.807, 2.05) is 0 Å². The molecule has 2 heterocycles. The normalized spacial score (nSPS) is 26.8. The lowest BCUT2D eigenvalue weighted by atomic mass is 9.69. The number of fused-ring (bicyclic) bond motifs is 1. The van der Waals surface area contributed by atoms with Gasteiger partial charge in [-0.25, -0.2) is 0 Å². The van der Waals surface area contributed by atoms with E-state index in [1.165, 1.54) is 62.1 Å². The van der Waals surface area contributed by atoms with Gasteiger partial charge in [0.25, 0.3) is 0 Å². The van der Waals surface area contributed by atoms with Crippen LogP contribution < -0.4 is 5.32 Å². The Labute approximate surface area is 145 Å². The highest BCUT2D eigenvalue weighted by Gasteiger charge is 2.45. The summed E-state index contributed by atoms with van der Waals surface area (Å²) in [6.45, 7) is 6.08. The molecule has 2 aliphatic rings. The summed E-state index contributed by atoms with van der Waals surface area (Å²) in [5.74, 6) is 0. The fourth-order valence-electron chi connectivity index (χ4n) is 4.74. The maximum absolute atomic E-state index is 3.76. The molecule has 2 unspecified atom stereocenters. The van der Waals surface area contributed by atoms with Crippen molar-refractivity contribution in [3.05, 3.63) is 65.7 Å². The average Bonchev–Trinajstić information content (AvgIpc) is 2.94. The van der Waals surface area contributed by atoms with E-state index < -0.39 is 0 Å². The molecular weight excluding hydrogens is 292 g/mol. The van der Waals surface area contributed by atoms with E-state index in [2.05, 4.69) is 71.7 Å². The van der Waals surface area contributed by atoms with Crippen LogP contribution >= 0.6 is 0 Å². The smallest absolute Gasteiger partial charge is 0.0433 e. The topological polar surface area (TPSA) is 15.3 Å². The summed E-state index contributed by atoms with van der Waals surface area (Å²) >= 11 is 0. The standard InChI is InChI=1S/C22H28N2/c1-18-22(19-10-4-2-5-11-19,14-17-24-15-8-3-9-16-24)20-12-6-7-13-21(20)23-18/h2,4-7,10-13,18,23H,3,8-9,14-17H2,1H3. The molecule has 2 heteroatoms. The van der Waals surface area contributed by atoms with Crippen molar-refractivity contribution in [3.63, 3.8) is 0 Å².